The average Bonchev–Trinajstić information content (AvgIpc) is 3.27. The van der Waals surface area contributed by atoms with Gasteiger partial charge in [0.25, 0.3) is 0 Å². The summed E-state index contributed by atoms with van der Waals surface area (Å²) >= 11 is 1.85. The van der Waals surface area contributed by atoms with Gasteiger partial charge in [-0.15, -0.1) is 11.3 Å². The fourth-order valence-corrected chi connectivity index (χ4v) is 3.85. The highest BCUT2D eigenvalue weighted by Crippen LogP contribution is 2.37. The molecular weight excluding hydrogens is 290 g/mol. The van der Waals surface area contributed by atoms with Crippen LogP contribution in [0.3, 0.4) is 0 Å². The molecule has 0 atom stereocenters. The van der Waals surface area contributed by atoms with Crippen molar-refractivity contribution in [3.05, 3.63) is 15.6 Å². The Kier molecular flexibility index (Phi) is 5.79. The molecule has 0 radical (unpaired) electrons. The predicted octanol–water partition coefficient (Wildman–Crippen LogP) is 5.27. The number of aryl methyl sites for hydroxylation is 3. The zero-order valence-corrected chi connectivity index (χ0v) is 15.7. The summed E-state index contributed by atoms with van der Waals surface area (Å²) in [5.41, 5.74) is 1.16. The van der Waals surface area contributed by atoms with E-state index in [1.165, 1.54) is 40.2 Å². The van der Waals surface area contributed by atoms with Gasteiger partial charge >= 0.3 is 0 Å². The van der Waals surface area contributed by atoms with Crippen LogP contribution >= 0.6 is 11.3 Å². The molecule has 0 aromatic carbocycles. The van der Waals surface area contributed by atoms with Gasteiger partial charge in [0, 0.05) is 22.8 Å². The molecule has 1 fully saturated rings. The van der Waals surface area contributed by atoms with Gasteiger partial charge in [-0.2, -0.15) is 0 Å². The molecule has 3 rings (SSSR count). The average molecular weight is 320 g/mol. The maximum atomic E-state index is 4.80. The van der Waals surface area contributed by atoms with Crippen molar-refractivity contribution in [2.24, 2.45) is 5.92 Å². The van der Waals surface area contributed by atoms with Crippen molar-refractivity contribution in [3.8, 4) is 0 Å². The number of thiophene rings is 1. The summed E-state index contributed by atoms with van der Waals surface area (Å²) in [5, 5.41) is 1.28. The van der Waals surface area contributed by atoms with Crippen LogP contribution in [0, 0.1) is 26.7 Å². The lowest BCUT2D eigenvalue weighted by molar-refractivity contribution is 0.699. The maximum absolute atomic E-state index is 4.80. The first-order chi connectivity index (χ1) is 10.6. The van der Waals surface area contributed by atoms with Crippen LogP contribution in [0.4, 0.5) is 5.82 Å². The third-order valence-electron chi connectivity index (χ3n) is 3.96. The van der Waals surface area contributed by atoms with E-state index in [2.05, 4.69) is 30.7 Å². The lowest BCUT2D eigenvalue weighted by atomic mass is 10.2. The first-order valence-corrected chi connectivity index (χ1v) is 9.41. The number of anilines is 1. The zero-order chi connectivity index (χ0) is 16.3. The molecule has 0 unspecified atom stereocenters. The summed E-state index contributed by atoms with van der Waals surface area (Å²) in [4.78, 5) is 14.6. The van der Waals surface area contributed by atoms with Crippen molar-refractivity contribution in [3.63, 3.8) is 0 Å². The van der Waals surface area contributed by atoms with E-state index in [0.717, 1.165) is 30.3 Å². The first-order valence-electron chi connectivity index (χ1n) is 8.59. The van der Waals surface area contributed by atoms with E-state index in [9.17, 15) is 0 Å². The smallest absolute Gasteiger partial charge is 0.141 e. The standard InChI is InChI=1S/C16H23N3S.C2H6/c1-5-8-19(9-13-6-7-13)16-14-10(2)20-11(3)15(14)17-12(4)18-16;1-2/h13H,5-9H2,1-4H3;1-2H3. The molecule has 2 aromatic heterocycles. The minimum Gasteiger partial charge on any atom is -0.356 e. The van der Waals surface area contributed by atoms with Gasteiger partial charge in [0.05, 0.1) is 10.9 Å². The number of hydrogen-bond donors (Lipinski definition) is 0. The lowest BCUT2D eigenvalue weighted by Gasteiger charge is -2.24. The number of hydrogen-bond acceptors (Lipinski definition) is 4. The molecular formula is C18H29N3S. The van der Waals surface area contributed by atoms with Crippen LogP contribution in [-0.2, 0) is 0 Å². The highest BCUT2D eigenvalue weighted by molar-refractivity contribution is 7.13. The van der Waals surface area contributed by atoms with Crippen molar-refractivity contribution < 1.29 is 0 Å². The van der Waals surface area contributed by atoms with Crippen LogP contribution in [0.25, 0.3) is 10.9 Å². The van der Waals surface area contributed by atoms with E-state index in [1.807, 2.05) is 32.1 Å². The number of rotatable bonds is 5. The Hall–Kier alpha value is -1.16. The third-order valence-corrected chi connectivity index (χ3v) is 4.97. The highest BCUT2D eigenvalue weighted by Gasteiger charge is 2.26. The Morgan fingerprint density at radius 1 is 1.09 bits per heavy atom. The van der Waals surface area contributed by atoms with Crippen molar-refractivity contribution >= 4 is 28.1 Å². The highest BCUT2D eigenvalue weighted by atomic mass is 32.1. The second-order valence-electron chi connectivity index (χ2n) is 5.92. The summed E-state index contributed by atoms with van der Waals surface area (Å²) in [6.07, 6.45) is 3.93. The quantitative estimate of drug-likeness (QED) is 0.752. The van der Waals surface area contributed by atoms with Gasteiger partial charge in [-0.25, -0.2) is 9.97 Å². The molecule has 1 aliphatic rings. The fraction of sp³-hybridized carbons (Fsp3) is 0.667. The molecule has 0 N–H and O–H groups in total. The zero-order valence-electron chi connectivity index (χ0n) is 14.9. The molecule has 22 heavy (non-hydrogen) atoms. The van der Waals surface area contributed by atoms with Crippen LogP contribution < -0.4 is 4.90 Å². The minimum absolute atomic E-state index is 0.881. The van der Waals surface area contributed by atoms with Crippen LogP contribution in [0.1, 0.15) is 55.6 Å². The molecule has 0 aliphatic heterocycles. The summed E-state index contributed by atoms with van der Waals surface area (Å²) in [6, 6.07) is 0. The molecule has 1 aliphatic carbocycles. The SMILES string of the molecule is CC.CCCN(CC1CC1)c1nc(C)nc2c(C)sc(C)c12. The van der Waals surface area contributed by atoms with E-state index in [1.54, 1.807) is 0 Å². The van der Waals surface area contributed by atoms with Crippen molar-refractivity contribution in [1.29, 1.82) is 0 Å². The van der Waals surface area contributed by atoms with Crippen LogP contribution in [0.15, 0.2) is 0 Å². The summed E-state index contributed by atoms with van der Waals surface area (Å²) in [7, 11) is 0. The van der Waals surface area contributed by atoms with Gasteiger partial charge in [0.1, 0.15) is 11.6 Å². The molecule has 0 amide bonds. The van der Waals surface area contributed by atoms with Gasteiger partial charge in [-0.3, -0.25) is 0 Å². The Morgan fingerprint density at radius 3 is 2.36 bits per heavy atom. The minimum atomic E-state index is 0.881. The van der Waals surface area contributed by atoms with Crippen LogP contribution in [0.2, 0.25) is 0 Å². The molecule has 0 spiro atoms. The Labute approximate surface area is 138 Å². The van der Waals surface area contributed by atoms with E-state index in [4.69, 9.17) is 4.98 Å². The topological polar surface area (TPSA) is 29.0 Å². The molecule has 4 heteroatoms. The molecule has 122 valence electrons. The molecule has 2 aromatic rings. The number of nitrogens with zero attached hydrogens (tertiary/aromatic N) is 3. The van der Waals surface area contributed by atoms with Crippen molar-refractivity contribution in [2.75, 3.05) is 18.0 Å². The number of aromatic nitrogens is 2. The van der Waals surface area contributed by atoms with Gasteiger partial charge in [0.2, 0.25) is 0 Å². The summed E-state index contributed by atoms with van der Waals surface area (Å²) < 4.78 is 0. The second kappa shape index (κ2) is 7.40. The first kappa shape index (κ1) is 17.2. The monoisotopic (exact) mass is 319 g/mol. The van der Waals surface area contributed by atoms with Crippen LogP contribution in [0.5, 0.6) is 0 Å². The molecule has 1 saturated carbocycles. The largest absolute Gasteiger partial charge is 0.356 e. The maximum Gasteiger partial charge on any atom is 0.141 e. The van der Waals surface area contributed by atoms with E-state index in [-0.39, 0.29) is 0 Å². The van der Waals surface area contributed by atoms with Gasteiger partial charge in [-0.05, 0) is 46.0 Å². The van der Waals surface area contributed by atoms with E-state index in [0.29, 0.717) is 0 Å². The normalized spacial score (nSPS) is 13.9. The molecule has 3 nitrogen and oxygen atoms in total. The van der Waals surface area contributed by atoms with Gasteiger partial charge in [-0.1, -0.05) is 20.8 Å². The Morgan fingerprint density at radius 2 is 1.77 bits per heavy atom. The summed E-state index contributed by atoms with van der Waals surface area (Å²) in [5.74, 6) is 2.94. The lowest BCUT2D eigenvalue weighted by Crippen LogP contribution is -2.28. The fourth-order valence-electron chi connectivity index (χ4n) is 2.86. The molecule has 2 heterocycles. The van der Waals surface area contributed by atoms with Gasteiger partial charge < -0.3 is 4.90 Å². The third kappa shape index (κ3) is 3.60. The van der Waals surface area contributed by atoms with E-state index < -0.39 is 0 Å². The van der Waals surface area contributed by atoms with E-state index >= 15 is 0 Å². The van der Waals surface area contributed by atoms with Crippen LogP contribution in [-0.4, -0.2) is 23.1 Å². The van der Waals surface area contributed by atoms with Crippen molar-refractivity contribution in [1.82, 2.24) is 9.97 Å². The molecule has 0 saturated heterocycles. The number of fused-ring (bicyclic) bond motifs is 1. The van der Waals surface area contributed by atoms with Gasteiger partial charge in [0.15, 0.2) is 0 Å². The predicted molar refractivity (Wildman–Crippen MR) is 98.2 cm³/mol. The second-order valence-corrected chi connectivity index (χ2v) is 7.35. The van der Waals surface area contributed by atoms with Crippen molar-refractivity contribution in [2.45, 2.75) is 60.8 Å². The molecule has 0 bridgehead atoms. The Balaban J connectivity index is 0.000000847. The summed E-state index contributed by atoms with van der Waals surface area (Å²) in [6.45, 7) is 14.9. The Bertz CT molecular complexity index is 629.